The van der Waals surface area contributed by atoms with E-state index in [9.17, 15) is 18.0 Å². The molecule has 3 amide bonds. The molecule has 12 nitrogen and oxygen atoms in total. The van der Waals surface area contributed by atoms with Gasteiger partial charge in [-0.25, -0.2) is 9.59 Å². The van der Waals surface area contributed by atoms with E-state index in [2.05, 4.69) is 9.38 Å². The summed E-state index contributed by atoms with van der Waals surface area (Å²) in [4.78, 5) is 28.0. The number of urea groups is 1. The summed E-state index contributed by atoms with van der Waals surface area (Å²) in [6.07, 6.45) is 3.33. The van der Waals surface area contributed by atoms with Gasteiger partial charge >= 0.3 is 22.5 Å². The molecule has 13 heteroatoms. The van der Waals surface area contributed by atoms with E-state index >= 15 is 0 Å². The molecule has 3 N–H and O–H groups in total. The Morgan fingerprint density at radius 1 is 1.38 bits per heavy atom. The van der Waals surface area contributed by atoms with Gasteiger partial charge in [-0.3, -0.25) is 4.55 Å². The molecule has 1 aromatic heterocycles. The van der Waals surface area contributed by atoms with Crippen molar-refractivity contribution in [3.63, 3.8) is 0 Å². The van der Waals surface area contributed by atoms with Crippen molar-refractivity contribution in [2.75, 3.05) is 26.2 Å². The predicted octanol–water partition coefficient (Wildman–Crippen LogP) is -0.526. The Hall–Kier alpha value is -2.22. The highest BCUT2D eigenvalue weighted by atomic mass is 32.3. The Morgan fingerprint density at radius 2 is 2.08 bits per heavy atom. The molecule has 0 saturated carbocycles. The van der Waals surface area contributed by atoms with Crippen LogP contribution in [0.15, 0.2) is 6.20 Å². The second-order valence-electron chi connectivity index (χ2n) is 6.42. The molecule has 3 aliphatic heterocycles. The van der Waals surface area contributed by atoms with Crippen molar-refractivity contribution in [1.82, 2.24) is 24.6 Å². The number of carbonyl (C=O) groups is 2. The molecule has 0 aromatic carbocycles. The maximum absolute atomic E-state index is 12.6. The number of nitrogens with two attached hydrogens (primary N) is 1. The third-order valence-corrected chi connectivity index (χ3v) is 5.23. The normalized spacial score (nSPS) is 25.2. The standard InChI is InChI=1S/C13H18N6O6S/c14-5-9-11-8(6-18(15-11)12(20)16-3-1-2-4-16)10-7-17(9)13(21)19(10)25-26(22,23)24/h6,9-10H,1-5,7,14H2,(H,22,23,24)/t9-,10+/m1/s1. The zero-order valence-corrected chi connectivity index (χ0v) is 14.5. The highest BCUT2D eigenvalue weighted by molar-refractivity contribution is 7.80. The molecule has 0 radical (unpaired) electrons. The second kappa shape index (κ2) is 5.90. The van der Waals surface area contributed by atoms with Crippen LogP contribution in [0.1, 0.15) is 36.2 Å². The molecule has 0 unspecified atom stereocenters. The highest BCUT2D eigenvalue weighted by Crippen LogP contribution is 2.43. The van der Waals surface area contributed by atoms with E-state index in [4.69, 9.17) is 10.3 Å². The van der Waals surface area contributed by atoms with E-state index in [1.807, 2.05) is 0 Å². The van der Waals surface area contributed by atoms with Crippen molar-refractivity contribution in [1.29, 1.82) is 0 Å². The van der Waals surface area contributed by atoms with Crippen LogP contribution in [0.5, 0.6) is 0 Å². The third-order valence-electron chi connectivity index (χ3n) is 4.88. The number of fused-ring (bicyclic) bond motifs is 4. The number of carbonyl (C=O) groups excluding carboxylic acids is 2. The van der Waals surface area contributed by atoms with Crippen LogP contribution in [-0.4, -0.2) is 75.9 Å². The smallest absolute Gasteiger partial charge is 0.328 e. The fraction of sp³-hybridized carbons (Fsp3) is 0.615. The Balaban J connectivity index is 1.72. The minimum atomic E-state index is -4.88. The molecule has 2 saturated heterocycles. The van der Waals surface area contributed by atoms with Crippen molar-refractivity contribution in [2.24, 2.45) is 5.73 Å². The molecule has 4 heterocycles. The molecular weight excluding hydrogens is 368 g/mol. The number of hydrogen-bond donors (Lipinski definition) is 2. The van der Waals surface area contributed by atoms with Gasteiger partial charge in [-0.2, -0.15) is 23.3 Å². The fourth-order valence-electron chi connectivity index (χ4n) is 3.72. The SMILES string of the molecule is NC[C@@H]1c2nn(C(=O)N3CCCC3)cc2[C@@H]2CN1C(=O)N2OS(=O)(=O)O. The number of rotatable bonds is 3. The van der Waals surface area contributed by atoms with Gasteiger partial charge in [-0.1, -0.05) is 0 Å². The molecule has 4 rings (SSSR count). The monoisotopic (exact) mass is 386 g/mol. The van der Waals surface area contributed by atoms with Crippen LogP contribution in [0, 0.1) is 0 Å². The van der Waals surface area contributed by atoms with Gasteiger partial charge in [0, 0.05) is 31.4 Å². The minimum Gasteiger partial charge on any atom is -0.328 e. The molecule has 0 aliphatic carbocycles. The minimum absolute atomic E-state index is 0.0418. The molecule has 2 bridgehead atoms. The Bertz CT molecular complexity index is 862. The lowest BCUT2D eigenvalue weighted by Crippen LogP contribution is -2.38. The van der Waals surface area contributed by atoms with Crippen LogP contribution in [0.25, 0.3) is 0 Å². The summed E-state index contributed by atoms with van der Waals surface area (Å²) < 4.78 is 36.8. The topological polar surface area (TPSA) is 151 Å². The number of nitrogens with zero attached hydrogens (tertiary/aromatic N) is 5. The van der Waals surface area contributed by atoms with E-state index in [1.54, 1.807) is 4.90 Å². The first kappa shape index (κ1) is 17.2. The van der Waals surface area contributed by atoms with Gasteiger partial charge in [0.25, 0.3) is 0 Å². The zero-order valence-electron chi connectivity index (χ0n) is 13.7. The molecule has 142 valence electrons. The first-order chi connectivity index (χ1) is 12.3. The van der Waals surface area contributed by atoms with Crippen molar-refractivity contribution in [3.8, 4) is 0 Å². The van der Waals surface area contributed by atoms with Gasteiger partial charge in [0.15, 0.2) is 0 Å². The summed E-state index contributed by atoms with van der Waals surface area (Å²) in [6.45, 7) is 1.46. The zero-order chi connectivity index (χ0) is 18.6. The average Bonchev–Trinajstić information content (AvgIpc) is 3.29. The Morgan fingerprint density at radius 3 is 2.69 bits per heavy atom. The first-order valence-corrected chi connectivity index (χ1v) is 9.52. The lowest BCUT2D eigenvalue weighted by atomic mass is 9.98. The quantitative estimate of drug-likeness (QED) is 0.658. The number of hydrogen-bond acceptors (Lipinski definition) is 7. The number of aromatic nitrogens is 2. The van der Waals surface area contributed by atoms with Crippen LogP contribution in [0.2, 0.25) is 0 Å². The van der Waals surface area contributed by atoms with Gasteiger partial charge in [0.2, 0.25) is 0 Å². The van der Waals surface area contributed by atoms with E-state index in [-0.39, 0.29) is 19.1 Å². The van der Waals surface area contributed by atoms with E-state index in [0.717, 1.165) is 12.8 Å². The van der Waals surface area contributed by atoms with Gasteiger partial charge in [0.05, 0.1) is 18.3 Å². The molecule has 1 aromatic rings. The average molecular weight is 386 g/mol. The van der Waals surface area contributed by atoms with Crippen LogP contribution in [0.4, 0.5) is 9.59 Å². The van der Waals surface area contributed by atoms with Crippen LogP contribution >= 0.6 is 0 Å². The van der Waals surface area contributed by atoms with E-state index < -0.39 is 28.5 Å². The molecule has 0 spiro atoms. The summed E-state index contributed by atoms with van der Waals surface area (Å²) in [5.74, 6) is 0. The lowest BCUT2D eigenvalue weighted by Gasteiger charge is -2.28. The van der Waals surface area contributed by atoms with Crippen molar-refractivity contribution >= 4 is 22.5 Å². The Labute approximate surface area is 149 Å². The summed E-state index contributed by atoms with van der Waals surface area (Å²) >= 11 is 0. The summed E-state index contributed by atoms with van der Waals surface area (Å²) in [6, 6.07) is -2.45. The van der Waals surface area contributed by atoms with Crippen LogP contribution in [-0.2, 0) is 14.7 Å². The van der Waals surface area contributed by atoms with Crippen LogP contribution in [0.3, 0.4) is 0 Å². The first-order valence-electron chi connectivity index (χ1n) is 8.16. The Kier molecular flexibility index (Phi) is 3.91. The van der Waals surface area contributed by atoms with E-state index in [1.165, 1.54) is 15.8 Å². The summed E-state index contributed by atoms with van der Waals surface area (Å²) in [5.41, 5.74) is 6.67. The molecule has 2 atom stereocenters. The second-order valence-corrected chi connectivity index (χ2v) is 7.43. The van der Waals surface area contributed by atoms with Crippen molar-refractivity contribution in [2.45, 2.75) is 24.9 Å². The lowest BCUT2D eigenvalue weighted by molar-refractivity contribution is -0.0317. The summed E-state index contributed by atoms with van der Waals surface area (Å²) in [5, 5.41) is 4.89. The largest absolute Gasteiger partial charge is 0.418 e. The number of amides is 3. The molecule has 26 heavy (non-hydrogen) atoms. The van der Waals surface area contributed by atoms with Crippen molar-refractivity contribution in [3.05, 3.63) is 17.5 Å². The van der Waals surface area contributed by atoms with Gasteiger partial charge in [-0.05, 0) is 12.8 Å². The number of hydroxylamine groups is 2. The molecule has 3 aliphatic rings. The number of likely N-dealkylation sites (tertiary alicyclic amines) is 1. The van der Waals surface area contributed by atoms with Crippen LogP contribution < -0.4 is 5.73 Å². The third kappa shape index (κ3) is 2.63. The van der Waals surface area contributed by atoms with Crippen molar-refractivity contribution < 1.29 is 26.8 Å². The molecule has 2 fully saturated rings. The fourth-order valence-corrected chi connectivity index (χ4v) is 4.09. The van der Waals surface area contributed by atoms with Gasteiger partial charge in [0.1, 0.15) is 6.04 Å². The predicted molar refractivity (Wildman–Crippen MR) is 84.9 cm³/mol. The maximum atomic E-state index is 12.6. The maximum Gasteiger partial charge on any atom is 0.418 e. The van der Waals surface area contributed by atoms with Gasteiger partial charge in [-0.15, -0.1) is 4.28 Å². The molecular formula is C13H18N6O6S. The van der Waals surface area contributed by atoms with Gasteiger partial charge < -0.3 is 15.5 Å². The highest BCUT2D eigenvalue weighted by Gasteiger charge is 2.51. The van der Waals surface area contributed by atoms with E-state index in [0.29, 0.717) is 29.4 Å². The summed E-state index contributed by atoms with van der Waals surface area (Å²) in [7, 11) is -4.88.